The van der Waals surface area contributed by atoms with Crippen molar-refractivity contribution in [1.29, 1.82) is 0 Å². The summed E-state index contributed by atoms with van der Waals surface area (Å²) in [5.41, 5.74) is 7.52. The van der Waals surface area contributed by atoms with Crippen LogP contribution in [0.4, 0.5) is 24.8 Å². The van der Waals surface area contributed by atoms with Crippen LogP contribution in [0, 0.1) is 0 Å². The van der Waals surface area contributed by atoms with Gasteiger partial charge >= 0.3 is 6.18 Å². The van der Waals surface area contributed by atoms with E-state index in [4.69, 9.17) is 15.5 Å². The summed E-state index contributed by atoms with van der Waals surface area (Å²) in [5, 5.41) is 5.51. The molecule has 4 N–H and O–H groups in total. The molecule has 3 heterocycles. The number of anilines is 2. The molecule has 0 radical (unpaired) electrons. The van der Waals surface area contributed by atoms with E-state index in [2.05, 4.69) is 20.6 Å². The molecule has 42 heavy (non-hydrogen) atoms. The highest BCUT2D eigenvalue weighted by Gasteiger charge is 2.31. The van der Waals surface area contributed by atoms with Gasteiger partial charge in [-0.05, 0) is 43.5 Å². The van der Waals surface area contributed by atoms with Gasteiger partial charge in [0.15, 0.2) is 0 Å². The predicted molar refractivity (Wildman–Crippen MR) is 150 cm³/mol. The van der Waals surface area contributed by atoms with Gasteiger partial charge in [-0.15, -0.1) is 0 Å². The summed E-state index contributed by atoms with van der Waals surface area (Å²) in [5.74, 6) is 0.317. The summed E-state index contributed by atoms with van der Waals surface area (Å²) in [6.45, 7) is 0.366. The minimum atomic E-state index is -4.55. The zero-order valence-corrected chi connectivity index (χ0v) is 22.8. The van der Waals surface area contributed by atoms with Crippen LogP contribution in [0.5, 0.6) is 0 Å². The number of aromatic nitrogens is 4. The lowest BCUT2D eigenvalue weighted by Gasteiger charge is -2.29. The first-order valence-electron chi connectivity index (χ1n) is 13.5. The Balaban J connectivity index is 1.37. The van der Waals surface area contributed by atoms with Crippen LogP contribution < -0.4 is 16.4 Å². The van der Waals surface area contributed by atoms with Crippen molar-refractivity contribution >= 4 is 29.0 Å². The van der Waals surface area contributed by atoms with E-state index in [-0.39, 0.29) is 29.2 Å². The summed E-state index contributed by atoms with van der Waals surface area (Å²) in [6, 6.07) is 8.15. The summed E-state index contributed by atoms with van der Waals surface area (Å²) >= 11 is 0. The molecule has 10 nitrogen and oxygen atoms in total. The number of imidazole rings is 1. The number of carbonyl (C=O) groups is 2. The molecule has 2 atom stereocenters. The molecule has 5 rings (SSSR count). The molecule has 3 aromatic heterocycles. The number of halogens is 3. The van der Waals surface area contributed by atoms with Crippen molar-refractivity contribution in [3.05, 3.63) is 71.9 Å². The van der Waals surface area contributed by atoms with Gasteiger partial charge < -0.3 is 21.1 Å². The maximum Gasteiger partial charge on any atom is 0.416 e. The number of ether oxygens (including phenoxy) is 1. The van der Waals surface area contributed by atoms with Gasteiger partial charge in [0.05, 0.1) is 12.2 Å². The smallest absolute Gasteiger partial charge is 0.384 e. The SMILES string of the molecule is COCCC(=O)NC1CCCC(c2nc(-c3ccc(C(=O)Nc4cc(C(F)(F)F)ccn4)cc3)c3c(N)nccn23)C1. The van der Waals surface area contributed by atoms with Gasteiger partial charge in [-0.25, -0.2) is 15.0 Å². The molecule has 1 fully saturated rings. The molecule has 1 aromatic carbocycles. The molecule has 0 aliphatic heterocycles. The van der Waals surface area contributed by atoms with Crippen LogP contribution in [0.15, 0.2) is 55.0 Å². The third-order valence-electron chi connectivity index (χ3n) is 7.30. The van der Waals surface area contributed by atoms with Crippen LogP contribution in [0.1, 0.15) is 59.8 Å². The van der Waals surface area contributed by atoms with E-state index >= 15 is 0 Å². The number of nitrogens with zero attached hydrogens (tertiary/aromatic N) is 4. The third-order valence-corrected chi connectivity index (χ3v) is 7.30. The maximum absolute atomic E-state index is 13.0. The quantitative estimate of drug-likeness (QED) is 0.271. The number of hydrogen-bond acceptors (Lipinski definition) is 7. The number of carbonyl (C=O) groups excluding carboxylic acids is 2. The van der Waals surface area contributed by atoms with Crippen molar-refractivity contribution in [2.45, 2.75) is 50.2 Å². The molecule has 2 amide bonds. The van der Waals surface area contributed by atoms with E-state index in [1.807, 2.05) is 10.6 Å². The van der Waals surface area contributed by atoms with Gasteiger partial charge in [-0.1, -0.05) is 18.6 Å². The minimum absolute atomic E-state index is 0.0206. The summed E-state index contributed by atoms with van der Waals surface area (Å²) < 4.78 is 46.0. The van der Waals surface area contributed by atoms with Crippen molar-refractivity contribution in [3.63, 3.8) is 0 Å². The van der Waals surface area contributed by atoms with Crippen LogP contribution in [0.3, 0.4) is 0 Å². The molecule has 4 aromatic rings. The number of alkyl halides is 3. The first-order chi connectivity index (χ1) is 20.1. The van der Waals surface area contributed by atoms with Gasteiger partial charge in [-0.3, -0.25) is 14.0 Å². The summed E-state index contributed by atoms with van der Waals surface area (Å²) in [4.78, 5) is 38.1. The highest BCUT2D eigenvalue weighted by Crippen LogP contribution is 2.37. The standard InChI is InChI=1S/C29H30F3N7O3/c1-42-14-10-23(40)36-21-4-2-3-19(15-21)27-38-24(25-26(33)35-12-13-39(25)27)17-5-7-18(8-6-17)28(41)37-22-16-20(9-11-34-22)29(30,31)32/h5-9,11-13,16,19,21H,2-4,10,14-15H2,1H3,(H2,33,35)(H,36,40)(H,34,37,41). The zero-order valence-electron chi connectivity index (χ0n) is 22.8. The molecule has 1 aliphatic carbocycles. The highest BCUT2D eigenvalue weighted by atomic mass is 19.4. The van der Waals surface area contributed by atoms with Gasteiger partial charge in [0.2, 0.25) is 5.91 Å². The largest absolute Gasteiger partial charge is 0.416 e. The first-order valence-corrected chi connectivity index (χ1v) is 13.5. The van der Waals surface area contributed by atoms with E-state index in [0.717, 1.165) is 49.8 Å². The minimum Gasteiger partial charge on any atom is -0.384 e. The monoisotopic (exact) mass is 581 g/mol. The van der Waals surface area contributed by atoms with Gasteiger partial charge in [0, 0.05) is 55.2 Å². The van der Waals surface area contributed by atoms with Crippen LogP contribution in [0.25, 0.3) is 16.8 Å². The van der Waals surface area contributed by atoms with Crippen molar-refractivity contribution < 1.29 is 27.5 Å². The zero-order chi connectivity index (χ0) is 29.9. The fourth-order valence-electron chi connectivity index (χ4n) is 5.27. The van der Waals surface area contributed by atoms with Gasteiger partial charge in [0.1, 0.15) is 28.7 Å². The molecule has 1 aliphatic rings. The first kappa shape index (κ1) is 29.0. The van der Waals surface area contributed by atoms with Gasteiger partial charge in [-0.2, -0.15) is 13.2 Å². The Morgan fingerprint density at radius 3 is 2.64 bits per heavy atom. The Kier molecular flexibility index (Phi) is 8.39. The molecule has 2 unspecified atom stereocenters. The number of fused-ring (bicyclic) bond motifs is 1. The number of hydrogen-bond donors (Lipinski definition) is 3. The van der Waals surface area contributed by atoms with Crippen LogP contribution >= 0.6 is 0 Å². The Bertz CT molecular complexity index is 1590. The topological polar surface area (TPSA) is 137 Å². The lowest BCUT2D eigenvalue weighted by Crippen LogP contribution is -2.38. The van der Waals surface area contributed by atoms with Crippen LogP contribution in [-0.4, -0.2) is 50.9 Å². The van der Waals surface area contributed by atoms with E-state index in [0.29, 0.717) is 35.6 Å². The van der Waals surface area contributed by atoms with Crippen LogP contribution in [-0.2, 0) is 15.7 Å². The van der Waals surface area contributed by atoms with E-state index in [9.17, 15) is 22.8 Å². The summed E-state index contributed by atoms with van der Waals surface area (Å²) in [6.07, 6.45) is 3.59. The molecule has 0 saturated heterocycles. The van der Waals surface area contributed by atoms with Crippen LogP contribution in [0.2, 0.25) is 0 Å². The fraction of sp³-hybridized carbons (Fsp3) is 0.345. The lowest BCUT2D eigenvalue weighted by molar-refractivity contribution is -0.137. The number of pyridine rings is 1. The Morgan fingerprint density at radius 1 is 1.12 bits per heavy atom. The Labute approximate surface area is 239 Å². The van der Waals surface area contributed by atoms with Crippen molar-refractivity contribution in [1.82, 2.24) is 24.7 Å². The molecule has 0 bridgehead atoms. The number of rotatable bonds is 8. The fourth-order valence-corrected chi connectivity index (χ4v) is 5.27. The number of nitrogens with two attached hydrogens (primary N) is 1. The predicted octanol–water partition coefficient (Wildman–Crippen LogP) is 4.82. The number of amides is 2. The number of methoxy groups -OCH3 is 1. The molecular formula is C29H30F3N7O3. The van der Waals surface area contributed by atoms with Crippen molar-refractivity contribution in [2.75, 3.05) is 24.8 Å². The second-order valence-corrected chi connectivity index (χ2v) is 10.2. The number of benzene rings is 1. The second-order valence-electron chi connectivity index (χ2n) is 10.2. The second kappa shape index (κ2) is 12.1. The third kappa shape index (κ3) is 6.35. The highest BCUT2D eigenvalue weighted by molar-refractivity contribution is 6.04. The average Bonchev–Trinajstić information content (AvgIpc) is 3.37. The number of nitrogen functional groups attached to an aromatic ring is 1. The van der Waals surface area contributed by atoms with Crippen molar-refractivity contribution in [2.24, 2.45) is 0 Å². The summed E-state index contributed by atoms with van der Waals surface area (Å²) in [7, 11) is 1.56. The normalized spacial score (nSPS) is 17.2. The molecule has 13 heteroatoms. The van der Waals surface area contributed by atoms with Gasteiger partial charge in [0.25, 0.3) is 5.91 Å². The Morgan fingerprint density at radius 2 is 1.90 bits per heavy atom. The molecular weight excluding hydrogens is 551 g/mol. The lowest BCUT2D eigenvalue weighted by atomic mass is 9.85. The van der Waals surface area contributed by atoms with E-state index in [1.165, 1.54) is 0 Å². The molecule has 220 valence electrons. The average molecular weight is 582 g/mol. The Hall–Kier alpha value is -4.52. The van der Waals surface area contributed by atoms with E-state index < -0.39 is 17.6 Å². The molecule has 1 saturated carbocycles. The van der Waals surface area contributed by atoms with Crippen molar-refractivity contribution in [3.8, 4) is 11.3 Å². The number of nitrogens with one attached hydrogen (secondary N) is 2. The molecule has 0 spiro atoms. The maximum atomic E-state index is 13.0. The van der Waals surface area contributed by atoms with E-state index in [1.54, 1.807) is 37.6 Å².